The predicted octanol–water partition coefficient (Wildman–Crippen LogP) is 1.24. The Hall–Kier alpha value is -1.84. The van der Waals surface area contributed by atoms with Crippen molar-refractivity contribution in [1.29, 1.82) is 0 Å². The Labute approximate surface area is 66.8 Å². The lowest BCUT2D eigenvalue weighted by Crippen LogP contribution is -1.96. The van der Waals surface area contributed by atoms with Gasteiger partial charge in [-0.1, -0.05) is 0 Å². The Bertz CT molecular complexity index is 513. The van der Waals surface area contributed by atoms with Gasteiger partial charge in [-0.15, -0.1) is 0 Å². The molecule has 0 saturated carbocycles. The van der Waals surface area contributed by atoms with Crippen molar-refractivity contribution in [2.24, 2.45) is 0 Å². The van der Waals surface area contributed by atoms with Gasteiger partial charge in [0, 0.05) is 5.39 Å². The smallest absolute Gasteiger partial charge is 0.357 e. The van der Waals surface area contributed by atoms with Crippen molar-refractivity contribution in [3.63, 3.8) is 0 Å². The van der Waals surface area contributed by atoms with Crippen LogP contribution in [0.3, 0.4) is 0 Å². The molecule has 4 heteroatoms. The molecule has 0 atom stereocenters. The molecular formula is C8H4N2O2. The molecule has 2 aliphatic rings. The third-order valence-corrected chi connectivity index (χ3v) is 2.09. The van der Waals surface area contributed by atoms with Crippen molar-refractivity contribution in [2.75, 3.05) is 0 Å². The lowest BCUT2D eigenvalue weighted by atomic mass is 10.3. The van der Waals surface area contributed by atoms with Crippen LogP contribution in [0.15, 0.2) is 12.1 Å². The van der Waals surface area contributed by atoms with Crippen LogP contribution in [-0.4, -0.2) is 21.3 Å². The molecule has 0 aromatic carbocycles. The zero-order valence-corrected chi connectivity index (χ0v) is 5.96. The molecule has 1 aromatic heterocycles. The van der Waals surface area contributed by atoms with Crippen molar-refractivity contribution in [1.82, 2.24) is 10.2 Å². The van der Waals surface area contributed by atoms with Gasteiger partial charge >= 0.3 is 5.97 Å². The van der Waals surface area contributed by atoms with E-state index in [0.29, 0.717) is 0 Å². The summed E-state index contributed by atoms with van der Waals surface area (Å²) in [5, 5.41) is 15.9. The minimum Gasteiger partial charge on any atom is -0.476 e. The molecule has 0 aliphatic heterocycles. The van der Waals surface area contributed by atoms with Crippen LogP contribution in [0.25, 0.3) is 22.0 Å². The normalized spacial score (nSPS) is 12.0. The van der Waals surface area contributed by atoms with Crippen LogP contribution in [0, 0.1) is 0 Å². The van der Waals surface area contributed by atoms with Gasteiger partial charge in [-0.2, -0.15) is 5.10 Å². The summed E-state index contributed by atoms with van der Waals surface area (Å²) in [5.74, 6) is -0.977. The van der Waals surface area contributed by atoms with Gasteiger partial charge < -0.3 is 5.11 Å². The molecule has 0 saturated heterocycles. The van der Waals surface area contributed by atoms with Gasteiger partial charge in [0.15, 0.2) is 5.69 Å². The van der Waals surface area contributed by atoms with Crippen LogP contribution >= 0.6 is 0 Å². The van der Waals surface area contributed by atoms with E-state index in [1.165, 1.54) is 0 Å². The minimum absolute atomic E-state index is 0.125. The van der Waals surface area contributed by atoms with Crippen molar-refractivity contribution in [3.05, 3.63) is 17.8 Å². The quantitative estimate of drug-likeness (QED) is 0.562. The Balaban J connectivity index is 2.45. The number of hydrogen-bond donors (Lipinski definition) is 2. The molecule has 0 bridgehead atoms. The highest BCUT2D eigenvalue weighted by atomic mass is 16.4. The highest BCUT2D eigenvalue weighted by Crippen LogP contribution is 2.43. The highest BCUT2D eigenvalue weighted by Gasteiger charge is 2.25. The second kappa shape index (κ2) is 1.50. The number of carbonyl (C=O) groups is 1. The second-order valence-electron chi connectivity index (χ2n) is 2.82. The molecular weight excluding hydrogens is 156 g/mol. The predicted molar refractivity (Wildman–Crippen MR) is 42.0 cm³/mol. The summed E-state index contributed by atoms with van der Waals surface area (Å²) >= 11 is 0. The van der Waals surface area contributed by atoms with Crippen LogP contribution in [0.4, 0.5) is 0 Å². The summed E-state index contributed by atoms with van der Waals surface area (Å²) < 4.78 is 0. The number of H-pyrrole nitrogens is 1. The van der Waals surface area contributed by atoms with Gasteiger partial charge in [-0.05, 0) is 23.3 Å². The van der Waals surface area contributed by atoms with E-state index < -0.39 is 5.97 Å². The van der Waals surface area contributed by atoms with Gasteiger partial charge in [0.05, 0.1) is 5.52 Å². The number of carboxylic acid groups (broad SMARTS) is 1. The topological polar surface area (TPSA) is 66.0 Å². The third-order valence-electron chi connectivity index (χ3n) is 2.09. The largest absolute Gasteiger partial charge is 0.476 e. The summed E-state index contributed by atoms with van der Waals surface area (Å²) in [4.78, 5) is 10.7. The highest BCUT2D eigenvalue weighted by molar-refractivity contribution is 6.15. The molecule has 0 radical (unpaired) electrons. The van der Waals surface area contributed by atoms with E-state index >= 15 is 0 Å². The summed E-state index contributed by atoms with van der Waals surface area (Å²) in [6, 6.07) is 3.86. The van der Waals surface area contributed by atoms with Gasteiger partial charge in [0.25, 0.3) is 0 Å². The fourth-order valence-electron chi connectivity index (χ4n) is 1.50. The minimum atomic E-state index is -0.977. The number of aromatic nitrogens is 2. The van der Waals surface area contributed by atoms with E-state index in [2.05, 4.69) is 10.2 Å². The number of hydrogen-bond acceptors (Lipinski definition) is 2. The Kier molecular flexibility index (Phi) is 0.721. The molecule has 0 unspecified atom stereocenters. The van der Waals surface area contributed by atoms with Crippen LogP contribution in [0.2, 0.25) is 0 Å². The number of nitrogens with one attached hydrogen (secondary N) is 1. The van der Waals surface area contributed by atoms with Crippen LogP contribution in [0.5, 0.6) is 0 Å². The fourth-order valence-corrected chi connectivity index (χ4v) is 1.50. The van der Waals surface area contributed by atoms with Crippen molar-refractivity contribution in [2.45, 2.75) is 0 Å². The Morgan fingerprint density at radius 3 is 3.08 bits per heavy atom. The molecule has 0 spiro atoms. The van der Waals surface area contributed by atoms with Gasteiger partial charge in [-0.25, -0.2) is 4.79 Å². The summed E-state index contributed by atoms with van der Waals surface area (Å²) in [5.41, 5.74) is 3.09. The first-order valence-electron chi connectivity index (χ1n) is 3.53. The van der Waals surface area contributed by atoms with E-state index in [4.69, 9.17) is 5.11 Å². The number of fused-ring (bicyclic) bond motifs is 3. The van der Waals surface area contributed by atoms with Crippen LogP contribution in [0.1, 0.15) is 10.5 Å². The van der Waals surface area contributed by atoms with E-state index in [1.54, 1.807) is 0 Å². The van der Waals surface area contributed by atoms with Crippen molar-refractivity contribution >= 4 is 16.9 Å². The molecule has 1 heterocycles. The second-order valence-corrected chi connectivity index (χ2v) is 2.82. The van der Waals surface area contributed by atoms with Gasteiger partial charge in [0.1, 0.15) is 0 Å². The molecule has 58 valence electrons. The van der Waals surface area contributed by atoms with Crippen LogP contribution in [-0.2, 0) is 0 Å². The monoisotopic (exact) mass is 160 g/mol. The van der Waals surface area contributed by atoms with Gasteiger partial charge in [-0.3, -0.25) is 5.10 Å². The number of rotatable bonds is 1. The number of aromatic amines is 1. The number of benzene rings is 1. The van der Waals surface area contributed by atoms with E-state index in [-0.39, 0.29) is 5.69 Å². The van der Waals surface area contributed by atoms with E-state index in [9.17, 15) is 4.79 Å². The Morgan fingerprint density at radius 2 is 2.33 bits per heavy atom. The number of nitrogens with zero attached hydrogens (tertiary/aromatic N) is 1. The molecule has 1 aromatic rings. The molecule has 12 heavy (non-hydrogen) atoms. The maximum atomic E-state index is 10.7. The summed E-state index contributed by atoms with van der Waals surface area (Å²) in [6.45, 7) is 0. The average molecular weight is 160 g/mol. The zero-order chi connectivity index (χ0) is 8.29. The molecule has 0 amide bonds. The summed E-state index contributed by atoms with van der Waals surface area (Å²) in [7, 11) is 0. The van der Waals surface area contributed by atoms with Gasteiger partial charge in [0.2, 0.25) is 0 Å². The Morgan fingerprint density at radius 1 is 1.50 bits per heavy atom. The third kappa shape index (κ3) is 0.492. The molecule has 2 aliphatic carbocycles. The van der Waals surface area contributed by atoms with E-state index in [0.717, 1.165) is 22.0 Å². The molecule has 4 nitrogen and oxygen atoms in total. The molecule has 3 rings (SSSR count). The SMILES string of the molecule is O=C(O)c1n[nH]c2cc3cc-3c12. The van der Waals surface area contributed by atoms with Crippen LogP contribution < -0.4 is 0 Å². The first-order valence-corrected chi connectivity index (χ1v) is 3.53. The fraction of sp³-hybridized carbons (Fsp3) is 0. The first kappa shape index (κ1) is 5.77. The standard InChI is InChI=1S/C8H4N2O2/c11-8(12)7-6-4-1-3(4)2-5(6)9-10-7/h1-2H,(H,9,10)(H,11,12). The van der Waals surface area contributed by atoms with E-state index in [1.807, 2.05) is 12.1 Å². The lowest BCUT2D eigenvalue weighted by Gasteiger charge is -1.83. The maximum absolute atomic E-state index is 10.7. The number of carboxylic acids is 1. The summed E-state index contributed by atoms with van der Waals surface area (Å²) in [6.07, 6.45) is 0. The first-order chi connectivity index (χ1) is 5.77. The van der Waals surface area contributed by atoms with Crippen molar-refractivity contribution in [3.8, 4) is 11.1 Å². The maximum Gasteiger partial charge on any atom is 0.357 e. The zero-order valence-electron chi connectivity index (χ0n) is 5.96. The average Bonchev–Trinajstić information content (AvgIpc) is 2.53. The molecule has 0 fully saturated rings. The number of aromatic carboxylic acids is 1. The van der Waals surface area contributed by atoms with Crippen molar-refractivity contribution < 1.29 is 9.90 Å². The lowest BCUT2D eigenvalue weighted by molar-refractivity contribution is 0.0692. The molecule has 2 N–H and O–H groups in total.